The Morgan fingerprint density at radius 1 is 0.800 bits per heavy atom. The number of aromatic carboxylic acids is 1. The van der Waals surface area contributed by atoms with Crippen molar-refractivity contribution in [3.8, 4) is 17.2 Å². The number of anilines is 1. The van der Waals surface area contributed by atoms with E-state index in [0.29, 0.717) is 24.6 Å². The molecule has 0 saturated heterocycles. The molecule has 6 heteroatoms. The first-order valence-electron chi connectivity index (χ1n) is 9.47. The molecule has 3 rings (SSSR count). The van der Waals surface area contributed by atoms with Crippen LogP contribution in [0.4, 0.5) is 5.69 Å². The van der Waals surface area contributed by atoms with Crippen molar-refractivity contribution >= 4 is 11.7 Å². The lowest BCUT2D eigenvalue weighted by atomic mass is 10.1. The molecule has 0 atom stereocenters. The van der Waals surface area contributed by atoms with Crippen molar-refractivity contribution in [2.45, 2.75) is 13.1 Å². The quantitative estimate of drug-likeness (QED) is 0.558. The number of rotatable bonds is 9. The van der Waals surface area contributed by atoms with E-state index in [-0.39, 0.29) is 5.56 Å². The lowest BCUT2D eigenvalue weighted by Gasteiger charge is -2.27. The molecule has 0 unspecified atom stereocenters. The Labute approximate surface area is 176 Å². The van der Waals surface area contributed by atoms with Crippen molar-refractivity contribution in [2.24, 2.45) is 0 Å². The molecule has 0 fully saturated rings. The molecule has 156 valence electrons. The predicted octanol–water partition coefficient (Wildman–Crippen LogP) is 4.62. The van der Waals surface area contributed by atoms with Crippen LogP contribution in [0.15, 0.2) is 66.7 Å². The number of carboxylic acid groups (broad SMARTS) is 1. The van der Waals surface area contributed by atoms with Crippen molar-refractivity contribution in [3.05, 3.63) is 83.4 Å². The number of ether oxygens (including phenoxy) is 3. The van der Waals surface area contributed by atoms with Crippen molar-refractivity contribution in [1.82, 2.24) is 0 Å². The van der Waals surface area contributed by atoms with Crippen molar-refractivity contribution in [3.63, 3.8) is 0 Å². The Bertz CT molecular complexity index is 1020. The Morgan fingerprint density at radius 2 is 1.43 bits per heavy atom. The Morgan fingerprint density at radius 3 is 2.13 bits per heavy atom. The number of benzene rings is 3. The predicted molar refractivity (Wildman–Crippen MR) is 116 cm³/mol. The van der Waals surface area contributed by atoms with Gasteiger partial charge in [-0.1, -0.05) is 36.4 Å². The molecule has 0 aromatic heterocycles. The van der Waals surface area contributed by atoms with E-state index in [1.54, 1.807) is 39.5 Å². The van der Waals surface area contributed by atoms with Gasteiger partial charge >= 0.3 is 5.97 Å². The second-order valence-electron chi connectivity index (χ2n) is 6.68. The van der Waals surface area contributed by atoms with Gasteiger partial charge in [-0.3, -0.25) is 0 Å². The number of hydrogen-bond donors (Lipinski definition) is 1. The van der Waals surface area contributed by atoms with Gasteiger partial charge in [0, 0.05) is 29.9 Å². The van der Waals surface area contributed by atoms with Crippen LogP contribution in [0, 0.1) is 0 Å². The second kappa shape index (κ2) is 9.69. The molecule has 0 aliphatic rings. The molecule has 3 aromatic rings. The van der Waals surface area contributed by atoms with E-state index in [1.807, 2.05) is 48.5 Å². The largest absolute Gasteiger partial charge is 0.496 e. The maximum Gasteiger partial charge on any atom is 0.335 e. The molecule has 0 radical (unpaired) electrons. The van der Waals surface area contributed by atoms with E-state index in [1.165, 1.54) is 0 Å². The summed E-state index contributed by atoms with van der Waals surface area (Å²) in [6, 6.07) is 20.4. The molecule has 6 nitrogen and oxygen atoms in total. The molecule has 0 spiro atoms. The first-order valence-corrected chi connectivity index (χ1v) is 9.47. The van der Waals surface area contributed by atoms with Crippen molar-refractivity contribution in [2.75, 3.05) is 26.2 Å². The van der Waals surface area contributed by atoms with Gasteiger partial charge in [-0.15, -0.1) is 0 Å². The fourth-order valence-corrected chi connectivity index (χ4v) is 3.40. The zero-order chi connectivity index (χ0) is 21.5. The third kappa shape index (κ3) is 4.66. The van der Waals surface area contributed by atoms with Crippen LogP contribution < -0.4 is 19.1 Å². The van der Waals surface area contributed by atoms with Crippen molar-refractivity contribution < 1.29 is 24.1 Å². The molecule has 0 saturated carbocycles. The van der Waals surface area contributed by atoms with E-state index in [0.717, 1.165) is 22.6 Å². The van der Waals surface area contributed by atoms with Gasteiger partial charge in [-0.05, 0) is 30.3 Å². The molecule has 0 amide bonds. The summed E-state index contributed by atoms with van der Waals surface area (Å²) >= 11 is 0. The topological polar surface area (TPSA) is 68.2 Å². The zero-order valence-corrected chi connectivity index (χ0v) is 17.3. The summed E-state index contributed by atoms with van der Waals surface area (Å²) in [5, 5.41) is 9.43. The van der Waals surface area contributed by atoms with Gasteiger partial charge in [0.2, 0.25) is 0 Å². The number of methoxy groups -OCH3 is 3. The summed E-state index contributed by atoms with van der Waals surface area (Å²) in [6.45, 7) is 1.01. The van der Waals surface area contributed by atoms with Crippen LogP contribution in [-0.4, -0.2) is 32.4 Å². The van der Waals surface area contributed by atoms with Crippen LogP contribution in [0.1, 0.15) is 21.5 Å². The number of para-hydroxylation sites is 2. The van der Waals surface area contributed by atoms with Gasteiger partial charge in [-0.25, -0.2) is 4.79 Å². The minimum absolute atomic E-state index is 0.232. The lowest BCUT2D eigenvalue weighted by Crippen LogP contribution is -2.23. The highest BCUT2D eigenvalue weighted by Gasteiger charge is 2.17. The average molecular weight is 407 g/mol. The van der Waals surface area contributed by atoms with Gasteiger partial charge in [0.25, 0.3) is 0 Å². The number of nitrogens with zero attached hydrogens (tertiary/aromatic N) is 1. The molecular formula is C24H25NO5. The van der Waals surface area contributed by atoms with Crippen LogP contribution >= 0.6 is 0 Å². The van der Waals surface area contributed by atoms with Crippen molar-refractivity contribution in [1.29, 1.82) is 0 Å². The molecule has 0 bridgehead atoms. The summed E-state index contributed by atoms with van der Waals surface area (Å²) < 4.78 is 16.5. The minimum atomic E-state index is -0.965. The van der Waals surface area contributed by atoms with Gasteiger partial charge in [0.15, 0.2) is 11.5 Å². The summed E-state index contributed by atoms with van der Waals surface area (Å²) in [7, 11) is 4.85. The maximum atomic E-state index is 11.5. The fraction of sp³-hybridized carbons (Fsp3) is 0.208. The maximum absolute atomic E-state index is 11.5. The monoisotopic (exact) mass is 407 g/mol. The lowest BCUT2D eigenvalue weighted by molar-refractivity contribution is 0.0697. The smallest absolute Gasteiger partial charge is 0.335 e. The van der Waals surface area contributed by atoms with E-state index in [2.05, 4.69) is 4.90 Å². The van der Waals surface area contributed by atoms with E-state index >= 15 is 0 Å². The molecule has 30 heavy (non-hydrogen) atoms. The molecule has 0 aliphatic carbocycles. The highest BCUT2D eigenvalue weighted by Crippen LogP contribution is 2.33. The van der Waals surface area contributed by atoms with E-state index < -0.39 is 5.97 Å². The number of carbonyl (C=O) groups is 1. The summed E-state index contributed by atoms with van der Waals surface area (Å²) in [5.74, 6) is 1.11. The van der Waals surface area contributed by atoms with Gasteiger partial charge in [0.05, 0.1) is 26.9 Å². The van der Waals surface area contributed by atoms with Crippen LogP contribution in [-0.2, 0) is 13.1 Å². The summed E-state index contributed by atoms with van der Waals surface area (Å²) in [4.78, 5) is 13.6. The van der Waals surface area contributed by atoms with E-state index in [4.69, 9.17) is 14.2 Å². The first kappa shape index (κ1) is 21.0. The zero-order valence-electron chi connectivity index (χ0n) is 17.3. The molecule has 0 aliphatic heterocycles. The Kier molecular flexibility index (Phi) is 6.80. The minimum Gasteiger partial charge on any atom is -0.496 e. The van der Waals surface area contributed by atoms with Crippen LogP contribution in [0.3, 0.4) is 0 Å². The normalized spacial score (nSPS) is 10.4. The van der Waals surface area contributed by atoms with Crippen LogP contribution in [0.25, 0.3) is 0 Å². The highest BCUT2D eigenvalue weighted by molar-refractivity contribution is 5.88. The number of hydrogen-bond acceptors (Lipinski definition) is 5. The standard InChI is InChI=1S/C24H25NO5/c1-28-21-12-5-4-8-18(21)15-25(20-11-6-9-17(14-20)24(26)27)16-19-10-7-13-22(29-2)23(19)30-3/h4-14H,15-16H2,1-3H3,(H,26,27). The number of carboxylic acids is 1. The third-order valence-corrected chi connectivity index (χ3v) is 4.86. The third-order valence-electron chi connectivity index (χ3n) is 4.86. The second-order valence-corrected chi connectivity index (χ2v) is 6.68. The SMILES string of the molecule is COc1ccccc1CN(Cc1cccc(OC)c1OC)c1cccc(C(=O)O)c1. The summed E-state index contributed by atoms with van der Waals surface area (Å²) in [5.41, 5.74) is 2.93. The van der Waals surface area contributed by atoms with Gasteiger partial charge in [-0.2, -0.15) is 0 Å². The van der Waals surface area contributed by atoms with Gasteiger partial charge in [0.1, 0.15) is 5.75 Å². The first-order chi connectivity index (χ1) is 14.6. The Balaban J connectivity index is 2.04. The molecular weight excluding hydrogens is 382 g/mol. The molecule has 0 heterocycles. The fourth-order valence-electron chi connectivity index (χ4n) is 3.40. The van der Waals surface area contributed by atoms with Crippen LogP contribution in [0.5, 0.6) is 17.2 Å². The highest BCUT2D eigenvalue weighted by atomic mass is 16.5. The van der Waals surface area contributed by atoms with E-state index in [9.17, 15) is 9.90 Å². The average Bonchev–Trinajstić information content (AvgIpc) is 2.78. The molecule has 3 aromatic carbocycles. The Hall–Kier alpha value is -3.67. The summed E-state index contributed by atoms with van der Waals surface area (Å²) in [6.07, 6.45) is 0. The molecule has 1 N–H and O–H groups in total. The van der Waals surface area contributed by atoms with Gasteiger partial charge < -0.3 is 24.2 Å². The van der Waals surface area contributed by atoms with Crippen LogP contribution in [0.2, 0.25) is 0 Å².